The van der Waals surface area contributed by atoms with E-state index < -0.39 is 0 Å². The molecule has 0 saturated heterocycles. The van der Waals surface area contributed by atoms with Gasteiger partial charge in [0.1, 0.15) is 5.78 Å². The van der Waals surface area contributed by atoms with Crippen LogP contribution in [-0.2, 0) is 9.53 Å². The van der Waals surface area contributed by atoms with Gasteiger partial charge in [0.25, 0.3) is 0 Å². The fraction of sp³-hybridized carbons (Fsp3) is 0.864. The summed E-state index contributed by atoms with van der Waals surface area (Å²) in [5.41, 5.74) is 1.64. The zero-order valence-corrected chi connectivity index (χ0v) is 16.3. The van der Waals surface area contributed by atoms with Crippen LogP contribution in [0.3, 0.4) is 0 Å². The Morgan fingerprint density at radius 2 is 2.04 bits per heavy atom. The van der Waals surface area contributed by atoms with Gasteiger partial charge < -0.3 is 9.84 Å². The third-order valence-electron chi connectivity index (χ3n) is 8.81. The number of ketones is 1. The van der Waals surface area contributed by atoms with E-state index in [0.717, 1.165) is 44.9 Å². The molecular weight excluding hydrogens is 312 g/mol. The number of hydrogen-bond acceptors (Lipinski definition) is 3. The molecule has 3 fully saturated rings. The third kappa shape index (κ3) is 2.41. The van der Waals surface area contributed by atoms with Gasteiger partial charge in [0.15, 0.2) is 0 Å². The number of ether oxygens (including phenoxy) is 1. The third-order valence-corrected chi connectivity index (χ3v) is 8.81. The van der Waals surface area contributed by atoms with Gasteiger partial charge in [-0.25, -0.2) is 0 Å². The number of rotatable bonds is 2. The van der Waals surface area contributed by atoms with E-state index in [1.807, 2.05) is 7.11 Å². The minimum absolute atomic E-state index is 0.00213. The number of allylic oxidation sites excluding steroid dienone is 1. The van der Waals surface area contributed by atoms with Gasteiger partial charge in [-0.1, -0.05) is 25.5 Å². The highest BCUT2D eigenvalue weighted by Gasteiger charge is 2.62. The summed E-state index contributed by atoms with van der Waals surface area (Å²) < 4.78 is 5.63. The molecule has 140 valence electrons. The summed E-state index contributed by atoms with van der Waals surface area (Å²) in [4.78, 5) is 12.2. The van der Waals surface area contributed by atoms with Crippen molar-refractivity contribution in [2.45, 2.75) is 77.9 Å². The molecular formula is C22H34O3. The molecule has 0 radical (unpaired) electrons. The van der Waals surface area contributed by atoms with Crippen molar-refractivity contribution in [2.75, 3.05) is 7.11 Å². The summed E-state index contributed by atoms with van der Waals surface area (Å²) in [6.07, 6.45) is 9.85. The number of aliphatic hydroxyl groups is 1. The minimum atomic E-state index is -0.279. The average molecular weight is 347 g/mol. The van der Waals surface area contributed by atoms with E-state index in [1.54, 1.807) is 6.92 Å². The number of hydrogen-bond donors (Lipinski definition) is 1. The van der Waals surface area contributed by atoms with Crippen molar-refractivity contribution in [3.8, 4) is 0 Å². The van der Waals surface area contributed by atoms with Gasteiger partial charge in [-0.3, -0.25) is 4.79 Å². The monoisotopic (exact) mass is 346 g/mol. The fourth-order valence-electron chi connectivity index (χ4n) is 7.63. The highest BCUT2D eigenvalue weighted by Crippen LogP contribution is 2.66. The van der Waals surface area contributed by atoms with Crippen LogP contribution in [0.2, 0.25) is 0 Å². The average Bonchev–Trinajstić information content (AvgIpc) is 2.90. The molecule has 1 N–H and O–H groups in total. The summed E-state index contributed by atoms with van der Waals surface area (Å²) in [6, 6.07) is 0. The normalized spacial score (nSPS) is 52.0. The Kier molecular flexibility index (Phi) is 4.20. The molecule has 0 spiro atoms. The standard InChI is InChI=1S/C22H34O3/c1-13(23)17-7-8-18-16-6-5-14-11-15(25-4)9-10-21(14,2)20(16)19(24)12-22(17,18)3/h5,15-20,24H,6-12H2,1-4H3/t15?,16?,17-,18?,19+,20?,21?,22?/m1/s1. The van der Waals surface area contributed by atoms with Crippen molar-refractivity contribution in [1.82, 2.24) is 0 Å². The number of carbonyl (C=O) groups excluding carboxylic acids is 1. The van der Waals surface area contributed by atoms with Crippen molar-refractivity contribution in [3.63, 3.8) is 0 Å². The predicted octanol–water partition coefficient (Wildman–Crippen LogP) is 4.14. The summed E-state index contributed by atoms with van der Waals surface area (Å²) in [6.45, 7) is 6.44. The molecule has 8 atom stereocenters. The summed E-state index contributed by atoms with van der Waals surface area (Å²) in [7, 11) is 1.82. The molecule has 3 saturated carbocycles. The van der Waals surface area contributed by atoms with Crippen LogP contribution in [0.4, 0.5) is 0 Å². The molecule has 0 amide bonds. The van der Waals surface area contributed by atoms with Crippen LogP contribution in [0.5, 0.6) is 0 Å². The minimum Gasteiger partial charge on any atom is -0.393 e. The second-order valence-electron chi connectivity index (χ2n) is 9.80. The molecule has 0 aromatic heterocycles. The maximum absolute atomic E-state index is 12.2. The first kappa shape index (κ1) is 17.7. The van der Waals surface area contributed by atoms with E-state index in [4.69, 9.17) is 4.74 Å². The van der Waals surface area contributed by atoms with Crippen molar-refractivity contribution < 1.29 is 14.6 Å². The van der Waals surface area contributed by atoms with E-state index in [9.17, 15) is 9.90 Å². The van der Waals surface area contributed by atoms with Gasteiger partial charge >= 0.3 is 0 Å². The lowest BCUT2D eigenvalue weighted by Crippen LogP contribution is -2.56. The second-order valence-corrected chi connectivity index (χ2v) is 9.80. The Morgan fingerprint density at radius 3 is 2.72 bits per heavy atom. The van der Waals surface area contributed by atoms with Crippen LogP contribution < -0.4 is 0 Å². The first-order chi connectivity index (χ1) is 11.8. The van der Waals surface area contributed by atoms with Crippen LogP contribution >= 0.6 is 0 Å². The van der Waals surface area contributed by atoms with Crippen molar-refractivity contribution in [3.05, 3.63) is 11.6 Å². The van der Waals surface area contributed by atoms with Gasteiger partial charge in [-0.2, -0.15) is 0 Å². The molecule has 0 aliphatic heterocycles. The zero-order valence-electron chi connectivity index (χ0n) is 16.3. The van der Waals surface area contributed by atoms with E-state index >= 15 is 0 Å². The Labute approximate surface area is 152 Å². The largest absolute Gasteiger partial charge is 0.393 e. The lowest BCUT2D eigenvalue weighted by atomic mass is 9.46. The smallest absolute Gasteiger partial charge is 0.133 e. The molecule has 4 rings (SSSR count). The van der Waals surface area contributed by atoms with E-state index in [2.05, 4.69) is 19.9 Å². The van der Waals surface area contributed by atoms with Gasteiger partial charge in [-0.15, -0.1) is 0 Å². The Hall–Kier alpha value is -0.670. The lowest BCUT2D eigenvalue weighted by molar-refractivity contribution is -0.140. The molecule has 4 aliphatic carbocycles. The number of methoxy groups -OCH3 is 1. The number of aliphatic hydroxyl groups excluding tert-OH is 1. The summed E-state index contributed by atoms with van der Waals surface area (Å²) >= 11 is 0. The zero-order chi connectivity index (χ0) is 18.0. The van der Waals surface area contributed by atoms with Gasteiger partial charge in [0, 0.05) is 13.0 Å². The molecule has 25 heavy (non-hydrogen) atoms. The molecule has 4 aliphatic rings. The van der Waals surface area contributed by atoms with Crippen LogP contribution in [0, 0.1) is 34.5 Å². The Morgan fingerprint density at radius 1 is 1.28 bits per heavy atom. The summed E-state index contributed by atoms with van der Waals surface area (Å²) in [5, 5.41) is 11.3. The maximum atomic E-state index is 12.2. The van der Waals surface area contributed by atoms with Crippen LogP contribution in [0.25, 0.3) is 0 Å². The molecule has 6 unspecified atom stereocenters. The van der Waals surface area contributed by atoms with E-state index in [0.29, 0.717) is 29.6 Å². The summed E-state index contributed by atoms with van der Waals surface area (Å²) in [5.74, 6) is 1.95. The quantitative estimate of drug-likeness (QED) is 0.764. The van der Waals surface area contributed by atoms with Crippen molar-refractivity contribution in [2.24, 2.45) is 34.5 Å². The van der Waals surface area contributed by atoms with Crippen LogP contribution in [0.1, 0.15) is 65.7 Å². The van der Waals surface area contributed by atoms with E-state index in [1.165, 1.54) is 5.57 Å². The first-order valence-electron chi connectivity index (χ1n) is 10.2. The Bertz CT molecular complexity index is 596. The van der Waals surface area contributed by atoms with Gasteiger partial charge in [-0.05, 0) is 80.5 Å². The molecule has 0 aromatic rings. The number of fused-ring (bicyclic) bond motifs is 5. The van der Waals surface area contributed by atoms with Crippen LogP contribution in [0.15, 0.2) is 11.6 Å². The van der Waals surface area contributed by atoms with Gasteiger partial charge in [0.05, 0.1) is 12.2 Å². The highest BCUT2D eigenvalue weighted by atomic mass is 16.5. The fourth-order valence-corrected chi connectivity index (χ4v) is 7.63. The van der Waals surface area contributed by atoms with Gasteiger partial charge in [0.2, 0.25) is 0 Å². The number of carbonyl (C=O) groups is 1. The topological polar surface area (TPSA) is 46.5 Å². The second kappa shape index (κ2) is 5.92. The predicted molar refractivity (Wildman–Crippen MR) is 98.1 cm³/mol. The van der Waals surface area contributed by atoms with Crippen molar-refractivity contribution >= 4 is 5.78 Å². The Balaban J connectivity index is 1.69. The first-order valence-corrected chi connectivity index (χ1v) is 10.2. The van der Waals surface area contributed by atoms with E-state index in [-0.39, 0.29) is 22.9 Å². The molecule has 0 aromatic carbocycles. The van der Waals surface area contributed by atoms with Crippen molar-refractivity contribution in [1.29, 1.82) is 0 Å². The molecule has 0 bridgehead atoms. The van der Waals surface area contributed by atoms with Crippen LogP contribution in [-0.4, -0.2) is 30.2 Å². The highest BCUT2D eigenvalue weighted by molar-refractivity contribution is 5.79. The molecule has 0 heterocycles. The lowest BCUT2D eigenvalue weighted by Gasteiger charge is -2.59. The SMILES string of the molecule is COC1CCC2(C)C(=CCC3C2[C@@H](O)CC2(C)C3CC[C@@H]2C(C)=O)C1. The number of Topliss-reactive ketones (excluding diaryl/α,β-unsaturated/α-hetero) is 1. The maximum Gasteiger partial charge on any atom is 0.133 e. The molecule has 3 heteroatoms. The molecule has 3 nitrogen and oxygen atoms in total.